The van der Waals surface area contributed by atoms with Crippen LogP contribution in [0.1, 0.15) is 48.3 Å². The van der Waals surface area contributed by atoms with Gasteiger partial charge in [0.25, 0.3) is 5.91 Å². The van der Waals surface area contributed by atoms with Crippen LogP contribution in [0.25, 0.3) is 0 Å². The largest absolute Gasteiger partial charge is 0.350 e. The van der Waals surface area contributed by atoms with E-state index in [0.717, 1.165) is 24.2 Å². The minimum Gasteiger partial charge on any atom is -0.350 e. The molecule has 0 bridgehead atoms. The zero-order chi connectivity index (χ0) is 22.8. The summed E-state index contributed by atoms with van der Waals surface area (Å²) in [6.45, 7) is 8.14. The number of rotatable bonds is 8. The summed E-state index contributed by atoms with van der Waals surface area (Å²) in [6.07, 6.45) is 1.80. The Morgan fingerprint density at radius 1 is 1.23 bits per heavy atom. The van der Waals surface area contributed by atoms with Gasteiger partial charge in [-0.05, 0) is 61.8 Å². The van der Waals surface area contributed by atoms with Crippen LogP contribution in [0, 0.1) is 0 Å². The Morgan fingerprint density at radius 3 is 2.52 bits per heavy atom. The Balaban J connectivity index is 1.80. The molecule has 168 valence electrons. The smallest absolute Gasteiger partial charge is 0.251 e. The molecule has 1 N–H and O–H groups in total. The topological polar surface area (TPSA) is 69.7 Å². The van der Waals surface area contributed by atoms with Gasteiger partial charge >= 0.3 is 0 Å². The van der Waals surface area contributed by atoms with Crippen molar-refractivity contribution in [3.63, 3.8) is 0 Å². The number of amides is 1. The number of fused-ring (bicyclic) bond motifs is 1. The molecule has 0 spiro atoms. The van der Waals surface area contributed by atoms with E-state index in [1.807, 2.05) is 31.2 Å². The van der Waals surface area contributed by atoms with Gasteiger partial charge in [-0.1, -0.05) is 43.6 Å². The van der Waals surface area contributed by atoms with Crippen LogP contribution in [-0.2, 0) is 16.4 Å². The summed E-state index contributed by atoms with van der Waals surface area (Å²) in [5, 5.41) is 3.73. The molecular formula is C23H30ClN3O3S. The van der Waals surface area contributed by atoms with Crippen LogP contribution in [0.15, 0.2) is 42.5 Å². The third-order valence-electron chi connectivity index (χ3n) is 5.83. The van der Waals surface area contributed by atoms with Gasteiger partial charge in [-0.25, -0.2) is 8.42 Å². The Bertz CT molecular complexity index is 1050. The van der Waals surface area contributed by atoms with E-state index in [2.05, 4.69) is 24.1 Å². The Labute approximate surface area is 190 Å². The molecular weight excluding hydrogens is 434 g/mol. The molecule has 0 radical (unpaired) electrons. The van der Waals surface area contributed by atoms with Gasteiger partial charge in [0.05, 0.1) is 18.0 Å². The number of halogens is 1. The lowest BCUT2D eigenvalue weighted by Crippen LogP contribution is -2.38. The lowest BCUT2D eigenvalue weighted by molar-refractivity contribution is 0.0935. The molecule has 8 heteroatoms. The summed E-state index contributed by atoms with van der Waals surface area (Å²) in [4.78, 5) is 15.2. The first-order chi connectivity index (χ1) is 14.7. The van der Waals surface area contributed by atoms with E-state index in [9.17, 15) is 13.2 Å². The lowest BCUT2D eigenvalue weighted by atomic mass is 10.0. The SMILES string of the molecule is CCN(CC)C(CNC(=O)c1ccc2c(c1)CC(C)N2S(C)(=O)=O)c1ccccc1Cl. The molecule has 1 heterocycles. The van der Waals surface area contributed by atoms with Crippen LogP contribution in [0.4, 0.5) is 5.69 Å². The number of carbonyl (C=O) groups is 1. The second kappa shape index (κ2) is 9.59. The van der Waals surface area contributed by atoms with Crippen LogP contribution in [0.2, 0.25) is 5.02 Å². The highest BCUT2D eigenvalue weighted by Gasteiger charge is 2.33. The molecule has 1 aliphatic heterocycles. The Morgan fingerprint density at radius 2 is 1.90 bits per heavy atom. The second-order valence-corrected chi connectivity index (χ2v) is 10.2. The third kappa shape index (κ3) is 5.05. The number of hydrogen-bond donors (Lipinski definition) is 1. The van der Waals surface area contributed by atoms with Crippen molar-refractivity contribution in [2.75, 3.05) is 30.2 Å². The maximum atomic E-state index is 12.9. The molecule has 1 aliphatic rings. The van der Waals surface area contributed by atoms with Crippen molar-refractivity contribution >= 4 is 33.2 Å². The van der Waals surface area contributed by atoms with E-state index in [0.29, 0.717) is 29.2 Å². The Hall–Kier alpha value is -2.09. The summed E-state index contributed by atoms with van der Waals surface area (Å²) in [5.74, 6) is -0.183. The average Bonchev–Trinajstić information content (AvgIpc) is 3.06. The first-order valence-electron chi connectivity index (χ1n) is 10.6. The minimum absolute atomic E-state index is 0.0391. The van der Waals surface area contributed by atoms with E-state index < -0.39 is 10.0 Å². The number of nitrogens with one attached hydrogen (secondary N) is 1. The molecule has 1 amide bonds. The first-order valence-corrected chi connectivity index (χ1v) is 12.8. The van der Waals surface area contributed by atoms with Gasteiger partial charge in [-0.3, -0.25) is 14.0 Å². The van der Waals surface area contributed by atoms with Crippen molar-refractivity contribution in [2.45, 2.75) is 39.3 Å². The normalized spacial score (nSPS) is 17.0. The number of sulfonamides is 1. The standard InChI is InChI=1S/C23H30ClN3O3S/c1-5-26(6-2)22(19-9-7-8-10-20(19)24)15-25-23(28)17-11-12-21-18(14-17)13-16(3)27(21)31(4,29)30/h7-12,14,16,22H,5-6,13,15H2,1-4H3,(H,25,28). The van der Waals surface area contributed by atoms with E-state index in [4.69, 9.17) is 11.6 Å². The number of carbonyl (C=O) groups excluding carboxylic acids is 1. The first kappa shape index (κ1) is 23.6. The fourth-order valence-corrected chi connectivity index (χ4v) is 5.91. The third-order valence-corrected chi connectivity index (χ3v) is 7.44. The second-order valence-electron chi connectivity index (χ2n) is 7.92. The van der Waals surface area contributed by atoms with Crippen molar-refractivity contribution in [1.29, 1.82) is 0 Å². The van der Waals surface area contributed by atoms with Gasteiger partial charge in [0.1, 0.15) is 0 Å². The maximum Gasteiger partial charge on any atom is 0.251 e. The van der Waals surface area contributed by atoms with Crippen LogP contribution in [-0.4, -0.2) is 51.2 Å². The van der Waals surface area contributed by atoms with Crippen LogP contribution in [0.3, 0.4) is 0 Å². The summed E-state index contributed by atoms with van der Waals surface area (Å²) in [5.41, 5.74) is 3.04. The molecule has 2 unspecified atom stereocenters. The van der Waals surface area contributed by atoms with Gasteiger partial charge in [0.15, 0.2) is 0 Å². The van der Waals surface area contributed by atoms with Crippen LogP contribution < -0.4 is 9.62 Å². The van der Waals surface area contributed by atoms with Gasteiger partial charge in [-0.15, -0.1) is 0 Å². The zero-order valence-corrected chi connectivity index (χ0v) is 20.0. The predicted molar refractivity (Wildman–Crippen MR) is 126 cm³/mol. The van der Waals surface area contributed by atoms with Gasteiger partial charge in [0.2, 0.25) is 10.0 Å². The fourth-order valence-electron chi connectivity index (χ4n) is 4.39. The molecule has 2 aromatic carbocycles. The van der Waals surface area contributed by atoms with Gasteiger partial charge in [0, 0.05) is 23.2 Å². The quantitative estimate of drug-likeness (QED) is 0.645. The lowest BCUT2D eigenvalue weighted by Gasteiger charge is -2.31. The summed E-state index contributed by atoms with van der Waals surface area (Å²) >= 11 is 6.44. The van der Waals surface area contributed by atoms with E-state index in [1.54, 1.807) is 18.2 Å². The zero-order valence-electron chi connectivity index (χ0n) is 18.4. The molecule has 31 heavy (non-hydrogen) atoms. The molecule has 0 aromatic heterocycles. The molecule has 0 fully saturated rings. The highest BCUT2D eigenvalue weighted by Crippen LogP contribution is 2.34. The predicted octanol–water partition coefficient (Wildman–Crippen LogP) is 3.86. The number of nitrogens with zero attached hydrogens (tertiary/aromatic N) is 2. The van der Waals surface area contributed by atoms with E-state index >= 15 is 0 Å². The minimum atomic E-state index is -3.36. The Kier molecular flexibility index (Phi) is 7.29. The number of anilines is 1. The number of benzene rings is 2. The van der Waals surface area contributed by atoms with E-state index in [-0.39, 0.29) is 18.0 Å². The molecule has 0 saturated heterocycles. The number of likely N-dealkylation sites (N-methyl/N-ethyl adjacent to an activating group) is 1. The van der Waals surface area contributed by atoms with Crippen LogP contribution in [0.5, 0.6) is 0 Å². The number of hydrogen-bond acceptors (Lipinski definition) is 4. The molecule has 0 aliphatic carbocycles. The molecule has 0 saturated carbocycles. The van der Waals surface area contributed by atoms with E-state index in [1.165, 1.54) is 10.6 Å². The van der Waals surface area contributed by atoms with Gasteiger partial charge < -0.3 is 5.32 Å². The summed E-state index contributed by atoms with van der Waals surface area (Å²) in [7, 11) is -3.36. The van der Waals surface area contributed by atoms with Crippen molar-refractivity contribution in [3.8, 4) is 0 Å². The molecule has 6 nitrogen and oxygen atoms in total. The molecule has 2 aromatic rings. The maximum absolute atomic E-state index is 12.9. The highest BCUT2D eigenvalue weighted by atomic mass is 35.5. The molecule has 2 atom stereocenters. The average molecular weight is 464 g/mol. The van der Waals surface area contributed by atoms with Crippen molar-refractivity contribution < 1.29 is 13.2 Å². The summed E-state index contributed by atoms with van der Waals surface area (Å²) < 4.78 is 25.7. The van der Waals surface area contributed by atoms with Crippen molar-refractivity contribution in [3.05, 3.63) is 64.2 Å². The monoisotopic (exact) mass is 463 g/mol. The van der Waals surface area contributed by atoms with Crippen LogP contribution >= 0.6 is 11.6 Å². The fraction of sp³-hybridized carbons (Fsp3) is 0.435. The van der Waals surface area contributed by atoms with Crippen molar-refractivity contribution in [1.82, 2.24) is 10.2 Å². The highest BCUT2D eigenvalue weighted by molar-refractivity contribution is 7.92. The van der Waals surface area contributed by atoms with Crippen molar-refractivity contribution in [2.24, 2.45) is 0 Å². The van der Waals surface area contributed by atoms with Gasteiger partial charge in [-0.2, -0.15) is 0 Å². The molecule has 3 rings (SSSR count). The summed E-state index contributed by atoms with van der Waals surface area (Å²) in [6, 6.07) is 12.7.